The standard InChI is InChI=1S/C13H15NO2S/c1-15-13(16-2)9-17-11-7-10-5-3-4-6-12(10)14-8-11/h3-8,13H,9H2,1-2H3. The van der Waals surface area contributed by atoms with Crippen molar-refractivity contribution in [3.63, 3.8) is 0 Å². The topological polar surface area (TPSA) is 31.4 Å². The lowest BCUT2D eigenvalue weighted by atomic mass is 10.2. The molecule has 0 unspecified atom stereocenters. The number of methoxy groups -OCH3 is 2. The molecule has 0 N–H and O–H groups in total. The summed E-state index contributed by atoms with van der Waals surface area (Å²) in [5.41, 5.74) is 1.02. The van der Waals surface area contributed by atoms with Crippen LogP contribution in [0.15, 0.2) is 41.4 Å². The van der Waals surface area contributed by atoms with Gasteiger partial charge in [0.15, 0.2) is 6.29 Å². The lowest BCUT2D eigenvalue weighted by Crippen LogP contribution is -2.15. The van der Waals surface area contributed by atoms with Gasteiger partial charge in [0, 0.05) is 36.5 Å². The molecular weight excluding hydrogens is 234 g/mol. The van der Waals surface area contributed by atoms with Crippen molar-refractivity contribution in [3.8, 4) is 0 Å². The number of fused-ring (bicyclic) bond motifs is 1. The van der Waals surface area contributed by atoms with Crippen LogP contribution in [0, 0.1) is 0 Å². The van der Waals surface area contributed by atoms with E-state index in [4.69, 9.17) is 9.47 Å². The summed E-state index contributed by atoms with van der Waals surface area (Å²) in [6.45, 7) is 0. The van der Waals surface area contributed by atoms with Gasteiger partial charge in [-0.15, -0.1) is 11.8 Å². The number of para-hydroxylation sites is 1. The maximum atomic E-state index is 5.15. The number of aromatic nitrogens is 1. The Labute approximate surface area is 105 Å². The fourth-order valence-electron chi connectivity index (χ4n) is 1.53. The first-order chi connectivity index (χ1) is 8.33. The molecule has 2 aromatic rings. The zero-order chi connectivity index (χ0) is 12.1. The third-order valence-electron chi connectivity index (χ3n) is 2.48. The highest BCUT2D eigenvalue weighted by Gasteiger charge is 2.06. The summed E-state index contributed by atoms with van der Waals surface area (Å²) in [6, 6.07) is 10.2. The van der Waals surface area contributed by atoms with Crippen LogP contribution >= 0.6 is 11.8 Å². The minimum Gasteiger partial charge on any atom is -0.355 e. The van der Waals surface area contributed by atoms with Crippen molar-refractivity contribution in [2.24, 2.45) is 0 Å². The van der Waals surface area contributed by atoms with E-state index in [1.807, 2.05) is 24.4 Å². The van der Waals surface area contributed by atoms with E-state index in [0.717, 1.165) is 21.6 Å². The smallest absolute Gasteiger partial charge is 0.166 e. The first-order valence-corrected chi connectivity index (χ1v) is 6.35. The van der Waals surface area contributed by atoms with Crippen LogP contribution in [0.2, 0.25) is 0 Å². The molecule has 0 saturated carbocycles. The SMILES string of the molecule is COC(CSc1cnc2ccccc2c1)OC. The average molecular weight is 249 g/mol. The molecule has 0 aliphatic rings. The van der Waals surface area contributed by atoms with Crippen LogP contribution < -0.4 is 0 Å². The molecule has 3 nitrogen and oxygen atoms in total. The summed E-state index contributed by atoms with van der Waals surface area (Å²) < 4.78 is 10.3. The maximum Gasteiger partial charge on any atom is 0.166 e. The Morgan fingerprint density at radius 1 is 1.24 bits per heavy atom. The van der Waals surface area contributed by atoms with Gasteiger partial charge in [-0.25, -0.2) is 0 Å². The zero-order valence-electron chi connectivity index (χ0n) is 9.92. The number of hydrogen-bond donors (Lipinski definition) is 0. The molecule has 0 amide bonds. The van der Waals surface area contributed by atoms with E-state index in [9.17, 15) is 0 Å². The van der Waals surface area contributed by atoms with Crippen LogP contribution in [0.4, 0.5) is 0 Å². The summed E-state index contributed by atoms with van der Waals surface area (Å²) in [5.74, 6) is 0.757. The van der Waals surface area contributed by atoms with Crippen molar-refractivity contribution in [2.45, 2.75) is 11.2 Å². The summed E-state index contributed by atoms with van der Waals surface area (Å²) in [7, 11) is 3.29. The van der Waals surface area contributed by atoms with Crippen molar-refractivity contribution in [1.29, 1.82) is 0 Å². The minimum absolute atomic E-state index is 0.175. The highest BCUT2D eigenvalue weighted by Crippen LogP contribution is 2.22. The normalized spacial score (nSPS) is 11.2. The van der Waals surface area contributed by atoms with Gasteiger partial charge >= 0.3 is 0 Å². The van der Waals surface area contributed by atoms with Gasteiger partial charge in [-0.05, 0) is 12.1 Å². The summed E-state index contributed by atoms with van der Waals surface area (Å²) in [5, 5.41) is 1.16. The van der Waals surface area contributed by atoms with Gasteiger partial charge in [0.2, 0.25) is 0 Å². The van der Waals surface area contributed by atoms with Crippen LogP contribution in [-0.2, 0) is 9.47 Å². The van der Waals surface area contributed by atoms with Gasteiger partial charge in [0.25, 0.3) is 0 Å². The molecule has 0 bridgehead atoms. The zero-order valence-corrected chi connectivity index (χ0v) is 10.7. The lowest BCUT2D eigenvalue weighted by molar-refractivity contribution is -0.0842. The Morgan fingerprint density at radius 3 is 2.76 bits per heavy atom. The van der Waals surface area contributed by atoms with E-state index in [0.29, 0.717) is 0 Å². The molecule has 0 aliphatic heterocycles. The lowest BCUT2D eigenvalue weighted by Gasteiger charge is -2.12. The number of rotatable bonds is 5. The van der Waals surface area contributed by atoms with E-state index in [2.05, 4.69) is 17.1 Å². The van der Waals surface area contributed by atoms with E-state index >= 15 is 0 Å². The molecule has 0 fully saturated rings. The van der Waals surface area contributed by atoms with Crippen LogP contribution in [-0.4, -0.2) is 31.2 Å². The number of nitrogens with zero attached hydrogens (tertiary/aromatic N) is 1. The van der Waals surface area contributed by atoms with Gasteiger partial charge in [-0.2, -0.15) is 0 Å². The Kier molecular flexibility index (Phi) is 4.36. The van der Waals surface area contributed by atoms with E-state index in [-0.39, 0.29) is 6.29 Å². The molecule has 4 heteroatoms. The molecule has 1 aromatic heterocycles. The fraction of sp³-hybridized carbons (Fsp3) is 0.308. The van der Waals surface area contributed by atoms with Gasteiger partial charge in [0.05, 0.1) is 5.52 Å². The Morgan fingerprint density at radius 2 is 2.00 bits per heavy atom. The quantitative estimate of drug-likeness (QED) is 0.602. The highest BCUT2D eigenvalue weighted by atomic mass is 32.2. The van der Waals surface area contributed by atoms with E-state index < -0.39 is 0 Å². The van der Waals surface area contributed by atoms with Gasteiger partial charge in [-0.1, -0.05) is 18.2 Å². The first kappa shape index (κ1) is 12.4. The molecule has 0 saturated heterocycles. The predicted molar refractivity (Wildman–Crippen MR) is 70.3 cm³/mol. The molecule has 1 heterocycles. The second kappa shape index (κ2) is 6.00. The van der Waals surface area contributed by atoms with Crippen molar-refractivity contribution >= 4 is 22.7 Å². The molecule has 90 valence electrons. The molecule has 1 aromatic carbocycles. The number of hydrogen-bond acceptors (Lipinski definition) is 4. The van der Waals surface area contributed by atoms with E-state index in [1.165, 1.54) is 0 Å². The summed E-state index contributed by atoms with van der Waals surface area (Å²) in [4.78, 5) is 5.54. The van der Waals surface area contributed by atoms with Gasteiger partial charge in [0.1, 0.15) is 0 Å². The van der Waals surface area contributed by atoms with Gasteiger partial charge in [-0.3, -0.25) is 4.98 Å². The van der Waals surface area contributed by atoms with Crippen molar-refractivity contribution in [1.82, 2.24) is 4.98 Å². The first-order valence-electron chi connectivity index (χ1n) is 5.36. The number of ether oxygens (including phenoxy) is 2. The highest BCUT2D eigenvalue weighted by molar-refractivity contribution is 7.99. The molecule has 2 rings (SSSR count). The predicted octanol–water partition coefficient (Wildman–Crippen LogP) is 2.95. The van der Waals surface area contributed by atoms with Crippen molar-refractivity contribution in [3.05, 3.63) is 36.5 Å². The number of benzene rings is 1. The van der Waals surface area contributed by atoms with Crippen LogP contribution in [0.1, 0.15) is 0 Å². The Balaban J connectivity index is 2.09. The molecule has 0 radical (unpaired) electrons. The number of thioether (sulfide) groups is 1. The summed E-state index contributed by atoms with van der Waals surface area (Å²) in [6.07, 6.45) is 1.71. The molecule has 0 aliphatic carbocycles. The molecular formula is C13H15NO2S. The fourth-order valence-corrected chi connectivity index (χ4v) is 2.46. The van der Waals surface area contributed by atoms with Crippen LogP contribution in [0.3, 0.4) is 0 Å². The number of pyridine rings is 1. The largest absolute Gasteiger partial charge is 0.355 e. The molecule has 17 heavy (non-hydrogen) atoms. The van der Waals surface area contributed by atoms with Crippen LogP contribution in [0.5, 0.6) is 0 Å². The monoisotopic (exact) mass is 249 g/mol. The molecule has 0 atom stereocenters. The Hall–Kier alpha value is -1.10. The second-order valence-electron chi connectivity index (χ2n) is 3.58. The van der Waals surface area contributed by atoms with Gasteiger partial charge < -0.3 is 9.47 Å². The van der Waals surface area contributed by atoms with Crippen molar-refractivity contribution < 1.29 is 9.47 Å². The maximum absolute atomic E-state index is 5.15. The summed E-state index contributed by atoms with van der Waals surface area (Å²) >= 11 is 1.68. The third-order valence-corrected chi connectivity index (χ3v) is 3.47. The third kappa shape index (κ3) is 3.19. The average Bonchev–Trinajstić information content (AvgIpc) is 2.40. The minimum atomic E-state index is -0.175. The van der Waals surface area contributed by atoms with E-state index in [1.54, 1.807) is 26.0 Å². The van der Waals surface area contributed by atoms with Crippen molar-refractivity contribution in [2.75, 3.05) is 20.0 Å². The molecule has 0 spiro atoms. The Bertz CT molecular complexity index is 486. The van der Waals surface area contributed by atoms with Crippen LogP contribution in [0.25, 0.3) is 10.9 Å². The second-order valence-corrected chi connectivity index (χ2v) is 4.67.